The largest absolute Gasteiger partial charge is 0.481 e. The number of unbranched alkanes of at least 4 members (excludes halogenated alkanes) is 10. The number of benzene rings is 2. The minimum Gasteiger partial charge on any atom is -0.481 e. The number of aromatic nitrogens is 1. The van der Waals surface area contributed by atoms with Crippen LogP contribution in [-0.4, -0.2) is 50.8 Å². The highest BCUT2D eigenvalue weighted by atomic mass is 16.4. The molecule has 0 unspecified atom stereocenters. The first-order valence-corrected chi connectivity index (χ1v) is 17.8. The fourth-order valence-corrected chi connectivity index (χ4v) is 6.15. The number of hydrogen-bond acceptors (Lipinski definition) is 5. The quantitative estimate of drug-likeness (QED) is 0.0848. The van der Waals surface area contributed by atoms with Gasteiger partial charge in [0, 0.05) is 30.8 Å². The van der Waals surface area contributed by atoms with Gasteiger partial charge in [-0.2, -0.15) is 0 Å². The number of fused-ring (bicyclic) bond motifs is 1. The van der Waals surface area contributed by atoms with Crippen LogP contribution in [0, 0.1) is 0 Å². The molecule has 2 aromatic carbocycles. The van der Waals surface area contributed by atoms with E-state index in [1.807, 2.05) is 54.6 Å². The lowest BCUT2D eigenvalue weighted by atomic mass is 9.98. The molecule has 0 saturated carbocycles. The fraction of sp³-hybridized carbons (Fsp3) is 0.513. The summed E-state index contributed by atoms with van der Waals surface area (Å²) in [5, 5.41) is 13.0. The number of pyridine rings is 1. The summed E-state index contributed by atoms with van der Waals surface area (Å²) in [6, 6.07) is 18.9. The average Bonchev–Trinajstić information content (AvgIpc) is 3.08. The Morgan fingerprint density at radius 3 is 2.04 bits per heavy atom. The number of carbonyl (C=O) groups is 4. The van der Waals surface area contributed by atoms with E-state index in [4.69, 9.17) is 5.73 Å². The SMILES string of the molecule is CCCCCCCCCCCCC[C@@H](CC(N)=O)N(Cc1ccccc1)C(=O)[C@H](CCCC(=O)O)NC(=O)c1ccc2ccccc2n1. The Kier molecular flexibility index (Phi) is 17.2. The second kappa shape index (κ2) is 21.6. The summed E-state index contributed by atoms with van der Waals surface area (Å²) in [4.78, 5) is 57.7. The molecule has 48 heavy (non-hydrogen) atoms. The third-order valence-corrected chi connectivity index (χ3v) is 8.82. The van der Waals surface area contributed by atoms with Crippen LogP contribution >= 0.6 is 0 Å². The zero-order chi connectivity index (χ0) is 34.6. The molecule has 3 aromatic rings. The van der Waals surface area contributed by atoms with Crippen LogP contribution in [0.2, 0.25) is 0 Å². The van der Waals surface area contributed by atoms with Crippen LogP contribution in [0.25, 0.3) is 10.9 Å². The second-order valence-corrected chi connectivity index (χ2v) is 12.8. The first-order valence-electron chi connectivity index (χ1n) is 17.8. The number of nitrogens with two attached hydrogens (primary N) is 1. The van der Waals surface area contributed by atoms with Crippen LogP contribution in [0.3, 0.4) is 0 Å². The van der Waals surface area contributed by atoms with Crippen molar-refractivity contribution in [1.29, 1.82) is 0 Å². The molecule has 0 aliphatic carbocycles. The van der Waals surface area contributed by atoms with Gasteiger partial charge < -0.3 is 21.1 Å². The van der Waals surface area contributed by atoms with Crippen LogP contribution in [-0.2, 0) is 20.9 Å². The molecule has 9 nitrogen and oxygen atoms in total. The lowest BCUT2D eigenvalue weighted by Crippen LogP contribution is -2.52. The van der Waals surface area contributed by atoms with Crippen LogP contribution in [0.15, 0.2) is 66.7 Å². The lowest BCUT2D eigenvalue weighted by Gasteiger charge is -2.35. The summed E-state index contributed by atoms with van der Waals surface area (Å²) in [5.74, 6) is -2.37. The van der Waals surface area contributed by atoms with Crippen molar-refractivity contribution in [3.63, 3.8) is 0 Å². The van der Waals surface area contributed by atoms with Crippen LogP contribution < -0.4 is 11.1 Å². The van der Waals surface area contributed by atoms with Gasteiger partial charge in [0.2, 0.25) is 11.8 Å². The highest BCUT2D eigenvalue weighted by molar-refractivity contribution is 5.98. The molecule has 3 amide bonds. The lowest BCUT2D eigenvalue weighted by molar-refractivity contribution is -0.139. The molecule has 2 atom stereocenters. The van der Waals surface area contributed by atoms with Crippen molar-refractivity contribution in [2.75, 3.05) is 0 Å². The molecule has 0 aliphatic rings. The molecule has 1 aromatic heterocycles. The molecular weight excluding hydrogens is 604 g/mol. The summed E-state index contributed by atoms with van der Waals surface area (Å²) in [5.41, 5.74) is 7.42. The minimum absolute atomic E-state index is 0.00163. The first kappa shape index (κ1) is 38.2. The van der Waals surface area contributed by atoms with Crippen molar-refractivity contribution >= 4 is 34.6 Å². The van der Waals surface area contributed by atoms with Crippen molar-refractivity contribution in [1.82, 2.24) is 15.2 Å². The Bertz CT molecular complexity index is 1430. The third-order valence-electron chi connectivity index (χ3n) is 8.82. The monoisotopic (exact) mass is 658 g/mol. The van der Waals surface area contributed by atoms with E-state index in [1.54, 1.807) is 17.0 Å². The maximum atomic E-state index is 14.4. The molecule has 0 radical (unpaired) electrons. The third kappa shape index (κ3) is 13.8. The topological polar surface area (TPSA) is 143 Å². The number of nitrogens with one attached hydrogen (secondary N) is 1. The highest BCUT2D eigenvalue weighted by Crippen LogP contribution is 2.21. The predicted octanol–water partition coefficient (Wildman–Crippen LogP) is 7.56. The Labute approximate surface area is 285 Å². The summed E-state index contributed by atoms with van der Waals surface area (Å²) < 4.78 is 0. The van der Waals surface area contributed by atoms with E-state index in [0.717, 1.165) is 30.2 Å². The van der Waals surface area contributed by atoms with Crippen LogP contribution in [0.4, 0.5) is 0 Å². The second-order valence-electron chi connectivity index (χ2n) is 12.8. The Balaban J connectivity index is 1.75. The van der Waals surface area contributed by atoms with E-state index in [9.17, 15) is 24.3 Å². The summed E-state index contributed by atoms with van der Waals surface area (Å²) in [6.07, 6.45) is 13.8. The number of hydrogen-bond donors (Lipinski definition) is 3. The molecule has 0 spiro atoms. The number of rotatable bonds is 24. The number of carboxylic acid groups (broad SMARTS) is 1. The van der Waals surface area contributed by atoms with E-state index in [1.165, 1.54) is 51.4 Å². The molecule has 0 saturated heterocycles. The van der Waals surface area contributed by atoms with Crippen molar-refractivity contribution in [3.8, 4) is 0 Å². The van der Waals surface area contributed by atoms with Crippen LogP contribution in [0.1, 0.15) is 126 Å². The molecule has 1 heterocycles. The maximum Gasteiger partial charge on any atom is 0.303 e. The molecule has 0 bridgehead atoms. The van der Waals surface area contributed by atoms with Gasteiger partial charge in [0.15, 0.2) is 0 Å². The molecule has 4 N–H and O–H groups in total. The standard InChI is InChI=1S/C39H54N4O5/c1-2-3-4-5-6-7-8-9-10-11-15-22-32(28-36(40)44)43(29-30-19-13-12-14-20-30)39(48)35(24-18-25-37(45)46)42-38(47)34-27-26-31-21-16-17-23-33(31)41-34/h12-14,16-17,19-21,23,26-27,32,35H,2-11,15,18,22,24-25,28-29H2,1H3,(H2,40,44)(H,42,47)(H,45,46)/t32-,35-/m0/s1. The molecular formula is C39H54N4O5. The van der Waals surface area contributed by atoms with Crippen molar-refractivity contribution < 1.29 is 24.3 Å². The zero-order valence-corrected chi connectivity index (χ0v) is 28.6. The zero-order valence-electron chi connectivity index (χ0n) is 28.6. The highest BCUT2D eigenvalue weighted by Gasteiger charge is 2.32. The molecule has 9 heteroatoms. The van der Waals surface area contributed by atoms with Gasteiger partial charge in [0.25, 0.3) is 5.91 Å². The van der Waals surface area contributed by atoms with Crippen molar-refractivity contribution in [2.45, 2.75) is 128 Å². The summed E-state index contributed by atoms with van der Waals surface area (Å²) in [6.45, 7) is 2.46. The van der Waals surface area contributed by atoms with Gasteiger partial charge in [-0.25, -0.2) is 4.98 Å². The number of aliphatic carboxylic acids is 1. The van der Waals surface area contributed by atoms with E-state index >= 15 is 0 Å². The smallest absolute Gasteiger partial charge is 0.303 e. The van der Waals surface area contributed by atoms with Crippen molar-refractivity contribution in [3.05, 3.63) is 78.0 Å². The van der Waals surface area contributed by atoms with Crippen molar-refractivity contribution in [2.24, 2.45) is 5.73 Å². The number of para-hydroxylation sites is 1. The van der Waals surface area contributed by atoms with Gasteiger partial charge in [-0.05, 0) is 37.0 Å². The first-order chi connectivity index (χ1) is 23.3. The summed E-state index contributed by atoms with van der Waals surface area (Å²) in [7, 11) is 0. The minimum atomic E-state index is -1.01. The Morgan fingerprint density at radius 2 is 1.40 bits per heavy atom. The van der Waals surface area contributed by atoms with Gasteiger partial charge in [-0.1, -0.05) is 132 Å². The van der Waals surface area contributed by atoms with E-state index in [2.05, 4.69) is 17.2 Å². The number of carboxylic acids is 1. The number of carbonyl (C=O) groups excluding carboxylic acids is 3. The van der Waals surface area contributed by atoms with Gasteiger partial charge in [-0.15, -0.1) is 0 Å². The molecule has 260 valence electrons. The predicted molar refractivity (Wildman–Crippen MR) is 190 cm³/mol. The van der Waals surface area contributed by atoms with Gasteiger partial charge in [-0.3, -0.25) is 19.2 Å². The normalized spacial score (nSPS) is 12.4. The van der Waals surface area contributed by atoms with Gasteiger partial charge in [0.05, 0.1) is 5.52 Å². The summed E-state index contributed by atoms with van der Waals surface area (Å²) >= 11 is 0. The number of amides is 3. The van der Waals surface area contributed by atoms with E-state index in [-0.39, 0.29) is 43.8 Å². The Morgan fingerprint density at radius 1 is 0.771 bits per heavy atom. The van der Waals surface area contributed by atoms with Crippen LogP contribution in [0.5, 0.6) is 0 Å². The molecule has 0 aliphatic heterocycles. The number of nitrogens with zero attached hydrogens (tertiary/aromatic N) is 2. The van der Waals surface area contributed by atoms with E-state index < -0.39 is 29.9 Å². The van der Waals surface area contributed by atoms with E-state index in [0.29, 0.717) is 11.9 Å². The fourth-order valence-electron chi connectivity index (χ4n) is 6.15. The van der Waals surface area contributed by atoms with Gasteiger partial charge in [0.1, 0.15) is 11.7 Å². The number of primary amides is 1. The maximum absolute atomic E-state index is 14.4. The van der Waals surface area contributed by atoms with Gasteiger partial charge >= 0.3 is 5.97 Å². The average molecular weight is 659 g/mol. The molecule has 0 fully saturated rings. The Hall–Kier alpha value is -4.27. The molecule has 3 rings (SSSR count).